The molecule has 82 valence electrons. The minimum atomic E-state index is -0.539. The number of esters is 1. The maximum atomic E-state index is 11.2. The van der Waals surface area contributed by atoms with Crippen LogP contribution in [0.2, 0.25) is 0 Å². The van der Waals surface area contributed by atoms with Gasteiger partial charge in [0.15, 0.2) is 0 Å². The number of hydrogen-bond acceptors (Lipinski definition) is 3. The molecule has 0 heterocycles. The molecule has 0 aliphatic rings. The fourth-order valence-corrected chi connectivity index (χ4v) is 1.31. The third kappa shape index (κ3) is 5.00. The van der Waals surface area contributed by atoms with Gasteiger partial charge in [-0.2, -0.15) is 0 Å². The topological polar surface area (TPSA) is 43.4 Å². The molecule has 3 nitrogen and oxygen atoms in total. The summed E-state index contributed by atoms with van der Waals surface area (Å²) >= 11 is 0. The summed E-state index contributed by atoms with van der Waals surface area (Å²) in [6, 6.07) is 0. The Kier molecular flexibility index (Phi) is 6.17. The molecule has 0 N–H and O–H groups in total. The van der Waals surface area contributed by atoms with Crippen LogP contribution < -0.4 is 0 Å². The number of rotatable bonds is 7. The van der Waals surface area contributed by atoms with E-state index in [2.05, 4.69) is 6.92 Å². The van der Waals surface area contributed by atoms with Crippen LogP contribution in [0.1, 0.15) is 46.5 Å². The lowest BCUT2D eigenvalue weighted by Gasteiger charge is -2.21. The smallest absolute Gasteiger partial charge is 0.306 e. The molecule has 0 rings (SSSR count). The van der Waals surface area contributed by atoms with Gasteiger partial charge in [-0.1, -0.05) is 26.7 Å². The van der Waals surface area contributed by atoms with Gasteiger partial charge in [-0.05, 0) is 13.3 Å². The maximum absolute atomic E-state index is 11.2. The van der Waals surface area contributed by atoms with Gasteiger partial charge in [0.1, 0.15) is 6.29 Å². The second-order valence-electron chi connectivity index (χ2n) is 3.86. The molecule has 0 bridgehead atoms. The van der Waals surface area contributed by atoms with Gasteiger partial charge >= 0.3 is 5.97 Å². The van der Waals surface area contributed by atoms with Crippen molar-refractivity contribution >= 4 is 12.3 Å². The van der Waals surface area contributed by atoms with Crippen LogP contribution in [0, 0.1) is 5.41 Å². The first-order valence-corrected chi connectivity index (χ1v) is 5.20. The zero-order chi connectivity index (χ0) is 11.0. The summed E-state index contributed by atoms with van der Waals surface area (Å²) in [7, 11) is 0. The molecule has 0 saturated carbocycles. The Labute approximate surface area is 85.8 Å². The molecule has 0 aromatic rings. The highest BCUT2D eigenvalue weighted by Crippen LogP contribution is 2.26. The Morgan fingerprint density at radius 3 is 2.50 bits per heavy atom. The molecule has 14 heavy (non-hydrogen) atoms. The summed E-state index contributed by atoms with van der Waals surface area (Å²) in [5.41, 5.74) is -0.539. The number of aldehydes is 1. The summed E-state index contributed by atoms with van der Waals surface area (Å²) in [4.78, 5) is 22.1. The SMILES string of the molecule is CCCC[C@](C)(C=O)CC(=O)OCC. The number of hydrogen-bond donors (Lipinski definition) is 0. The van der Waals surface area contributed by atoms with Gasteiger partial charge in [0.05, 0.1) is 13.0 Å². The summed E-state index contributed by atoms with van der Waals surface area (Å²) in [5, 5.41) is 0. The largest absolute Gasteiger partial charge is 0.466 e. The van der Waals surface area contributed by atoms with Crippen molar-refractivity contribution in [3.05, 3.63) is 0 Å². The quantitative estimate of drug-likeness (QED) is 0.468. The van der Waals surface area contributed by atoms with Crippen LogP contribution in [-0.2, 0) is 14.3 Å². The highest BCUT2D eigenvalue weighted by atomic mass is 16.5. The van der Waals surface area contributed by atoms with Gasteiger partial charge in [0, 0.05) is 5.41 Å². The second kappa shape index (κ2) is 6.57. The highest BCUT2D eigenvalue weighted by molar-refractivity contribution is 5.75. The van der Waals surface area contributed by atoms with Crippen molar-refractivity contribution in [3.63, 3.8) is 0 Å². The first-order chi connectivity index (χ1) is 6.58. The molecule has 0 spiro atoms. The molecule has 0 aromatic heterocycles. The van der Waals surface area contributed by atoms with E-state index in [-0.39, 0.29) is 12.4 Å². The van der Waals surface area contributed by atoms with Crippen molar-refractivity contribution in [2.24, 2.45) is 5.41 Å². The molecular weight excluding hydrogens is 180 g/mol. The zero-order valence-electron chi connectivity index (χ0n) is 9.34. The minimum absolute atomic E-state index is 0.199. The molecule has 0 saturated heterocycles. The van der Waals surface area contributed by atoms with Crippen LogP contribution >= 0.6 is 0 Å². The van der Waals surface area contributed by atoms with E-state index in [9.17, 15) is 9.59 Å². The molecule has 0 radical (unpaired) electrons. The van der Waals surface area contributed by atoms with Crippen molar-refractivity contribution in [2.75, 3.05) is 6.61 Å². The number of ether oxygens (including phenoxy) is 1. The zero-order valence-corrected chi connectivity index (χ0v) is 9.34. The lowest BCUT2D eigenvalue weighted by molar-refractivity contribution is -0.147. The summed E-state index contributed by atoms with van der Waals surface area (Å²) in [6.07, 6.45) is 3.83. The molecule has 3 heteroatoms. The van der Waals surface area contributed by atoms with Gasteiger partial charge in [-0.15, -0.1) is 0 Å². The van der Waals surface area contributed by atoms with Gasteiger partial charge in [0.25, 0.3) is 0 Å². The highest BCUT2D eigenvalue weighted by Gasteiger charge is 2.26. The van der Waals surface area contributed by atoms with E-state index in [4.69, 9.17) is 4.74 Å². The van der Waals surface area contributed by atoms with Crippen molar-refractivity contribution in [2.45, 2.75) is 46.5 Å². The standard InChI is InChI=1S/C11H20O3/c1-4-6-7-11(3,9-12)8-10(13)14-5-2/h9H,4-8H2,1-3H3/t11-/m0/s1. The second-order valence-corrected chi connectivity index (χ2v) is 3.86. The molecular formula is C11H20O3. The van der Waals surface area contributed by atoms with Crippen molar-refractivity contribution in [3.8, 4) is 0 Å². The fourth-order valence-electron chi connectivity index (χ4n) is 1.31. The van der Waals surface area contributed by atoms with E-state index in [1.54, 1.807) is 6.92 Å². The van der Waals surface area contributed by atoms with Gasteiger partial charge < -0.3 is 9.53 Å². The van der Waals surface area contributed by atoms with Crippen LogP contribution in [0.15, 0.2) is 0 Å². The average Bonchev–Trinajstić information content (AvgIpc) is 2.15. The molecule has 0 aliphatic carbocycles. The predicted molar refractivity (Wildman–Crippen MR) is 54.9 cm³/mol. The normalized spacial score (nSPS) is 14.5. The summed E-state index contributed by atoms with van der Waals surface area (Å²) < 4.78 is 4.82. The molecule has 1 atom stereocenters. The molecule has 0 aromatic carbocycles. The van der Waals surface area contributed by atoms with E-state index in [0.717, 1.165) is 25.5 Å². The fraction of sp³-hybridized carbons (Fsp3) is 0.818. The lowest BCUT2D eigenvalue weighted by Crippen LogP contribution is -2.23. The van der Waals surface area contributed by atoms with Crippen LogP contribution in [0.3, 0.4) is 0 Å². The molecule has 0 amide bonds. The van der Waals surface area contributed by atoms with Crippen LogP contribution in [0.4, 0.5) is 0 Å². The van der Waals surface area contributed by atoms with Crippen LogP contribution in [0.5, 0.6) is 0 Å². The number of carbonyl (C=O) groups is 2. The Bertz CT molecular complexity index is 189. The minimum Gasteiger partial charge on any atom is -0.466 e. The van der Waals surface area contributed by atoms with Crippen molar-refractivity contribution in [1.29, 1.82) is 0 Å². The predicted octanol–water partition coefficient (Wildman–Crippen LogP) is 2.33. The third-order valence-corrected chi connectivity index (χ3v) is 2.24. The number of carbonyl (C=O) groups excluding carboxylic acids is 2. The summed E-state index contributed by atoms with van der Waals surface area (Å²) in [5.74, 6) is -0.279. The third-order valence-electron chi connectivity index (χ3n) is 2.24. The summed E-state index contributed by atoms with van der Waals surface area (Å²) in [6.45, 7) is 6.02. The van der Waals surface area contributed by atoms with Crippen molar-refractivity contribution < 1.29 is 14.3 Å². The van der Waals surface area contributed by atoms with E-state index >= 15 is 0 Å². The Balaban J connectivity index is 4.09. The Hall–Kier alpha value is -0.860. The molecule has 0 unspecified atom stereocenters. The first-order valence-electron chi connectivity index (χ1n) is 5.20. The Morgan fingerprint density at radius 1 is 1.43 bits per heavy atom. The van der Waals surface area contributed by atoms with Gasteiger partial charge in [-0.3, -0.25) is 4.79 Å². The monoisotopic (exact) mass is 200 g/mol. The van der Waals surface area contributed by atoms with E-state index < -0.39 is 5.41 Å². The molecule has 0 aliphatic heterocycles. The number of unbranched alkanes of at least 4 members (excludes halogenated alkanes) is 1. The van der Waals surface area contributed by atoms with Crippen molar-refractivity contribution in [1.82, 2.24) is 0 Å². The maximum Gasteiger partial charge on any atom is 0.306 e. The van der Waals surface area contributed by atoms with E-state index in [1.165, 1.54) is 0 Å². The van der Waals surface area contributed by atoms with Gasteiger partial charge in [-0.25, -0.2) is 0 Å². The van der Waals surface area contributed by atoms with Gasteiger partial charge in [0.2, 0.25) is 0 Å². The average molecular weight is 200 g/mol. The van der Waals surface area contributed by atoms with E-state index in [0.29, 0.717) is 6.61 Å². The van der Waals surface area contributed by atoms with Crippen LogP contribution in [0.25, 0.3) is 0 Å². The van der Waals surface area contributed by atoms with Crippen LogP contribution in [-0.4, -0.2) is 18.9 Å². The molecule has 0 fully saturated rings. The first kappa shape index (κ1) is 13.1. The lowest BCUT2D eigenvalue weighted by atomic mass is 9.83. The van der Waals surface area contributed by atoms with E-state index in [1.807, 2.05) is 6.92 Å². The Morgan fingerprint density at radius 2 is 2.07 bits per heavy atom.